The zero-order chi connectivity index (χ0) is 27.2. The maximum atomic E-state index is 13.6. The minimum atomic E-state index is -0.650. The largest absolute Gasteiger partial charge is 0.369 e. The third-order valence-electron chi connectivity index (χ3n) is 7.54. The van der Waals surface area contributed by atoms with Gasteiger partial charge in [-0.05, 0) is 72.9 Å². The highest BCUT2D eigenvalue weighted by molar-refractivity contribution is 6.31. The van der Waals surface area contributed by atoms with E-state index in [9.17, 15) is 18.8 Å². The number of hydrogen-bond acceptors (Lipinski definition) is 3. The number of amides is 3. The van der Waals surface area contributed by atoms with Crippen LogP contribution in [0.4, 0.5) is 4.39 Å². The van der Waals surface area contributed by atoms with Gasteiger partial charge in [0.25, 0.3) is 0 Å². The molecule has 1 saturated carbocycles. The lowest BCUT2D eigenvalue weighted by molar-refractivity contribution is -0.139. The Labute approximate surface area is 228 Å². The minimum Gasteiger partial charge on any atom is -0.369 e. The number of carbonyl (C=O) groups is 3. The van der Waals surface area contributed by atoms with Gasteiger partial charge in [0.2, 0.25) is 17.7 Å². The van der Waals surface area contributed by atoms with E-state index in [0.29, 0.717) is 38.3 Å². The van der Waals surface area contributed by atoms with Gasteiger partial charge in [0.05, 0.1) is 16.9 Å². The molecule has 2 unspecified atom stereocenters. The Kier molecular flexibility index (Phi) is 9.21. The number of allylic oxidation sites excluding steroid dienone is 1. The Balaban J connectivity index is 1.47. The summed E-state index contributed by atoms with van der Waals surface area (Å²) in [7, 11) is 0. The van der Waals surface area contributed by atoms with Gasteiger partial charge in [0.15, 0.2) is 0 Å². The van der Waals surface area contributed by atoms with Crippen LogP contribution in [0.5, 0.6) is 0 Å². The van der Waals surface area contributed by atoms with E-state index < -0.39 is 29.6 Å². The first-order valence-corrected chi connectivity index (χ1v) is 13.7. The van der Waals surface area contributed by atoms with E-state index >= 15 is 0 Å². The monoisotopic (exact) mass is 539 g/mol. The Morgan fingerprint density at radius 2 is 1.89 bits per heavy atom. The fourth-order valence-corrected chi connectivity index (χ4v) is 5.43. The highest BCUT2D eigenvalue weighted by Gasteiger charge is 2.38. The molecule has 3 N–H and O–H groups in total. The first-order valence-electron chi connectivity index (χ1n) is 13.3. The second kappa shape index (κ2) is 12.6. The topological polar surface area (TPSA) is 92.5 Å². The Hall–Kier alpha value is -3.19. The lowest BCUT2D eigenvalue weighted by Gasteiger charge is -2.28. The molecule has 1 heterocycles. The highest BCUT2D eigenvalue weighted by Crippen LogP contribution is 2.38. The predicted molar refractivity (Wildman–Crippen MR) is 146 cm³/mol. The van der Waals surface area contributed by atoms with Gasteiger partial charge in [-0.3, -0.25) is 14.4 Å². The van der Waals surface area contributed by atoms with Crippen LogP contribution in [-0.2, 0) is 20.9 Å². The summed E-state index contributed by atoms with van der Waals surface area (Å²) in [5.74, 6) is -2.17. The van der Waals surface area contributed by atoms with Crippen molar-refractivity contribution in [2.24, 2.45) is 23.5 Å². The summed E-state index contributed by atoms with van der Waals surface area (Å²) in [6.45, 7) is 4.70. The van der Waals surface area contributed by atoms with Crippen molar-refractivity contribution in [2.45, 2.75) is 57.5 Å². The summed E-state index contributed by atoms with van der Waals surface area (Å²) in [6.07, 6.45) is 6.82. The molecule has 2 aromatic rings. The van der Waals surface area contributed by atoms with Gasteiger partial charge in [-0.2, -0.15) is 0 Å². The molecule has 0 aromatic heterocycles. The van der Waals surface area contributed by atoms with Crippen LogP contribution in [0, 0.1) is 23.6 Å². The average Bonchev–Trinajstić information content (AvgIpc) is 3.73. The number of nitrogens with two attached hydrogens (primary N) is 1. The van der Waals surface area contributed by atoms with E-state index in [-0.39, 0.29) is 16.8 Å². The molecular formula is C30H35ClFN3O3. The first-order chi connectivity index (χ1) is 18.3. The number of carbonyl (C=O) groups excluding carboxylic acids is 3. The van der Waals surface area contributed by atoms with Crippen LogP contribution in [0.2, 0.25) is 5.02 Å². The summed E-state index contributed by atoms with van der Waals surface area (Å²) in [5.41, 5.74) is 8.24. The molecule has 202 valence electrons. The third-order valence-corrected chi connectivity index (χ3v) is 7.83. The van der Waals surface area contributed by atoms with Crippen LogP contribution >= 0.6 is 11.6 Å². The van der Waals surface area contributed by atoms with Crippen LogP contribution in [-0.4, -0.2) is 35.2 Å². The van der Waals surface area contributed by atoms with E-state index in [4.69, 9.17) is 17.3 Å². The van der Waals surface area contributed by atoms with Crippen LogP contribution in [0.3, 0.4) is 0 Å². The van der Waals surface area contributed by atoms with E-state index in [1.807, 2.05) is 24.3 Å². The number of nitrogens with one attached hydrogen (secondary N) is 1. The van der Waals surface area contributed by atoms with Crippen molar-refractivity contribution in [1.82, 2.24) is 10.2 Å². The molecule has 0 bridgehead atoms. The number of likely N-dealkylation sites (tertiary alicyclic amines) is 1. The van der Waals surface area contributed by atoms with E-state index in [0.717, 1.165) is 42.4 Å². The molecule has 4 rings (SSSR count). The third kappa shape index (κ3) is 7.01. The summed E-state index contributed by atoms with van der Waals surface area (Å²) >= 11 is 5.97. The molecule has 2 aromatic carbocycles. The second-order valence-electron chi connectivity index (χ2n) is 10.5. The van der Waals surface area contributed by atoms with Crippen molar-refractivity contribution in [3.05, 3.63) is 71.5 Å². The van der Waals surface area contributed by atoms with Gasteiger partial charge in [0, 0.05) is 13.1 Å². The zero-order valence-corrected chi connectivity index (χ0v) is 22.3. The van der Waals surface area contributed by atoms with Gasteiger partial charge < -0.3 is 16.0 Å². The maximum Gasteiger partial charge on any atom is 0.245 e. The standard InChI is InChI=1S/C30H35ClFN3O3/c1-2-6-23(28(33)36)24(16-19-10-11-19)29(37)34-27-9-3-4-14-35(30(27)38)18-20-7-5-8-21(15-20)22-12-13-26(32)25(31)17-22/h2,5,7-8,12-13,15,17,19,23-24,27H,1,3-4,6,9-11,14,16,18H2,(H2,33,36)(H,34,37)/t23?,24?,27-/m0/s1. The molecule has 8 heteroatoms. The summed E-state index contributed by atoms with van der Waals surface area (Å²) in [4.78, 5) is 40.9. The predicted octanol–water partition coefficient (Wildman–Crippen LogP) is 5.24. The number of primary amides is 1. The van der Waals surface area contributed by atoms with Crippen molar-refractivity contribution in [2.75, 3.05) is 6.54 Å². The molecule has 1 saturated heterocycles. The van der Waals surface area contributed by atoms with Crippen molar-refractivity contribution in [3.63, 3.8) is 0 Å². The molecule has 0 radical (unpaired) electrons. The van der Waals surface area contributed by atoms with Crippen LogP contribution in [0.25, 0.3) is 11.1 Å². The van der Waals surface area contributed by atoms with Crippen LogP contribution in [0.15, 0.2) is 55.1 Å². The van der Waals surface area contributed by atoms with Gasteiger partial charge in [-0.15, -0.1) is 6.58 Å². The summed E-state index contributed by atoms with van der Waals surface area (Å²) in [6, 6.07) is 11.7. The average molecular weight is 540 g/mol. The molecule has 38 heavy (non-hydrogen) atoms. The quantitative estimate of drug-likeness (QED) is 0.383. The highest BCUT2D eigenvalue weighted by atomic mass is 35.5. The first kappa shape index (κ1) is 27.8. The maximum absolute atomic E-state index is 13.6. The van der Waals surface area contributed by atoms with Crippen molar-refractivity contribution >= 4 is 29.3 Å². The smallest absolute Gasteiger partial charge is 0.245 e. The Morgan fingerprint density at radius 1 is 1.13 bits per heavy atom. The molecule has 6 nitrogen and oxygen atoms in total. The van der Waals surface area contributed by atoms with Crippen molar-refractivity contribution < 1.29 is 18.8 Å². The van der Waals surface area contributed by atoms with Crippen molar-refractivity contribution in [1.29, 1.82) is 0 Å². The Morgan fingerprint density at radius 3 is 2.58 bits per heavy atom. The van der Waals surface area contributed by atoms with Gasteiger partial charge in [-0.25, -0.2) is 4.39 Å². The van der Waals surface area contributed by atoms with E-state index in [1.54, 1.807) is 23.1 Å². The Bertz CT molecular complexity index is 1200. The fraction of sp³-hybridized carbons (Fsp3) is 0.433. The lowest BCUT2D eigenvalue weighted by Crippen LogP contribution is -2.50. The van der Waals surface area contributed by atoms with E-state index in [1.165, 1.54) is 6.07 Å². The number of hydrogen-bond donors (Lipinski definition) is 2. The minimum absolute atomic E-state index is 0.0563. The zero-order valence-electron chi connectivity index (χ0n) is 21.5. The molecule has 1 aliphatic carbocycles. The number of halogens is 2. The fourth-order valence-electron chi connectivity index (χ4n) is 5.25. The molecule has 2 fully saturated rings. The van der Waals surface area contributed by atoms with Gasteiger partial charge in [0.1, 0.15) is 11.9 Å². The van der Waals surface area contributed by atoms with Crippen LogP contribution in [0.1, 0.15) is 50.5 Å². The molecular weight excluding hydrogens is 505 g/mol. The normalized spacial score (nSPS) is 19.4. The van der Waals surface area contributed by atoms with Crippen molar-refractivity contribution in [3.8, 4) is 11.1 Å². The van der Waals surface area contributed by atoms with E-state index in [2.05, 4.69) is 11.9 Å². The SMILES string of the molecule is C=CCC(C(N)=O)C(CC1CC1)C(=O)N[C@H]1CCCCN(Cc2cccc(-c3ccc(F)c(Cl)c3)c2)C1=O. The molecule has 3 amide bonds. The number of benzene rings is 2. The van der Waals surface area contributed by atoms with Crippen LogP contribution < -0.4 is 11.1 Å². The second-order valence-corrected chi connectivity index (χ2v) is 10.9. The molecule has 3 atom stereocenters. The van der Waals surface area contributed by atoms with Gasteiger partial charge >= 0.3 is 0 Å². The lowest BCUT2D eigenvalue weighted by atomic mass is 9.83. The molecule has 1 aliphatic heterocycles. The molecule has 0 spiro atoms. The summed E-state index contributed by atoms with van der Waals surface area (Å²) < 4.78 is 13.6. The number of nitrogens with zero attached hydrogens (tertiary/aromatic N) is 1. The van der Waals surface area contributed by atoms with Gasteiger partial charge in [-0.1, -0.05) is 54.8 Å². The summed E-state index contributed by atoms with van der Waals surface area (Å²) in [5, 5.41) is 3.03. The molecule has 2 aliphatic rings. The number of rotatable bonds is 11.